The summed E-state index contributed by atoms with van der Waals surface area (Å²) in [5, 5.41) is 14.6. The number of carboxylic acid groups (broad SMARTS) is 1. The van der Waals surface area contributed by atoms with E-state index in [2.05, 4.69) is 10.6 Å². The van der Waals surface area contributed by atoms with E-state index in [-0.39, 0.29) is 11.8 Å². The van der Waals surface area contributed by atoms with E-state index in [4.69, 9.17) is 5.73 Å². The second-order valence-electron chi connectivity index (χ2n) is 8.02. The van der Waals surface area contributed by atoms with E-state index in [0.29, 0.717) is 19.3 Å². The minimum atomic E-state index is -1.09. The van der Waals surface area contributed by atoms with Crippen molar-refractivity contribution in [2.24, 2.45) is 17.6 Å². The van der Waals surface area contributed by atoms with Gasteiger partial charge < -0.3 is 21.5 Å². The topological polar surface area (TPSA) is 122 Å². The van der Waals surface area contributed by atoms with E-state index >= 15 is 0 Å². The number of nitrogens with two attached hydrogens (primary N) is 1. The molecule has 0 bridgehead atoms. The van der Waals surface area contributed by atoms with Crippen LogP contribution in [0.2, 0.25) is 0 Å². The average Bonchev–Trinajstić information content (AvgIpc) is 2.60. The fourth-order valence-electron chi connectivity index (χ4n) is 2.91. The van der Waals surface area contributed by atoms with Gasteiger partial charge in [-0.2, -0.15) is 0 Å². The van der Waals surface area contributed by atoms with E-state index in [1.165, 1.54) is 0 Å². The first-order valence-electron chi connectivity index (χ1n) is 9.73. The first kappa shape index (κ1) is 23.6. The Kier molecular flexibility index (Phi) is 9.65. The summed E-state index contributed by atoms with van der Waals surface area (Å²) in [5.74, 6) is -1.77. The third-order valence-electron chi connectivity index (χ3n) is 4.30. The number of carbonyl (C=O) groups is 3. The Morgan fingerprint density at radius 2 is 1.39 bits per heavy atom. The highest BCUT2D eigenvalue weighted by molar-refractivity contribution is 5.91. The molecular weight excluding hydrogens is 358 g/mol. The molecule has 7 heteroatoms. The largest absolute Gasteiger partial charge is 0.480 e. The zero-order valence-electron chi connectivity index (χ0n) is 17.1. The van der Waals surface area contributed by atoms with Gasteiger partial charge in [-0.1, -0.05) is 58.0 Å². The van der Waals surface area contributed by atoms with Crippen LogP contribution in [0.4, 0.5) is 0 Å². The number of amides is 2. The summed E-state index contributed by atoms with van der Waals surface area (Å²) in [6.07, 6.45) is 1.06. The smallest absolute Gasteiger partial charge is 0.326 e. The summed E-state index contributed by atoms with van der Waals surface area (Å²) in [5.41, 5.74) is 6.93. The van der Waals surface area contributed by atoms with E-state index in [1.807, 2.05) is 58.0 Å². The Labute approximate surface area is 167 Å². The summed E-state index contributed by atoms with van der Waals surface area (Å²) in [6, 6.07) is 6.78. The molecule has 0 aliphatic heterocycles. The molecular formula is C21H33N3O4. The van der Waals surface area contributed by atoms with Crippen LogP contribution in [0.25, 0.3) is 0 Å². The van der Waals surface area contributed by atoms with Crippen LogP contribution in [0.3, 0.4) is 0 Å². The molecule has 156 valence electrons. The predicted molar refractivity (Wildman–Crippen MR) is 109 cm³/mol. The fourth-order valence-corrected chi connectivity index (χ4v) is 2.91. The number of carboxylic acids is 1. The predicted octanol–water partition coefficient (Wildman–Crippen LogP) is 1.70. The first-order valence-corrected chi connectivity index (χ1v) is 9.73. The molecule has 0 radical (unpaired) electrons. The van der Waals surface area contributed by atoms with Crippen molar-refractivity contribution in [3.05, 3.63) is 35.9 Å². The van der Waals surface area contributed by atoms with Gasteiger partial charge in [0.1, 0.15) is 12.1 Å². The average molecular weight is 392 g/mol. The lowest BCUT2D eigenvalue weighted by Gasteiger charge is -2.24. The van der Waals surface area contributed by atoms with E-state index in [9.17, 15) is 19.5 Å². The maximum Gasteiger partial charge on any atom is 0.326 e. The van der Waals surface area contributed by atoms with Crippen LogP contribution in [-0.2, 0) is 20.8 Å². The number of hydrogen-bond acceptors (Lipinski definition) is 4. The summed E-state index contributed by atoms with van der Waals surface area (Å²) >= 11 is 0. The molecule has 7 nitrogen and oxygen atoms in total. The molecule has 28 heavy (non-hydrogen) atoms. The van der Waals surface area contributed by atoms with Crippen LogP contribution < -0.4 is 16.4 Å². The normalized spacial score (nSPS) is 14.4. The second-order valence-corrected chi connectivity index (χ2v) is 8.02. The Balaban J connectivity index is 2.78. The molecule has 0 unspecified atom stereocenters. The van der Waals surface area contributed by atoms with Crippen LogP contribution in [0.5, 0.6) is 0 Å². The Hall–Kier alpha value is -2.41. The minimum absolute atomic E-state index is 0.110. The van der Waals surface area contributed by atoms with Crippen LogP contribution in [-0.4, -0.2) is 41.0 Å². The SMILES string of the molecule is CC(C)C[C@H](NC(=O)[C@H](CC(C)C)NC(=O)[C@@H](N)Cc1ccccc1)C(=O)O. The highest BCUT2D eigenvalue weighted by Crippen LogP contribution is 2.09. The van der Waals surface area contributed by atoms with E-state index in [1.54, 1.807) is 0 Å². The summed E-state index contributed by atoms with van der Waals surface area (Å²) in [4.78, 5) is 36.6. The van der Waals surface area contributed by atoms with Crippen LogP contribution >= 0.6 is 0 Å². The van der Waals surface area contributed by atoms with Gasteiger partial charge >= 0.3 is 5.97 Å². The lowest BCUT2D eigenvalue weighted by Crippen LogP contribution is -2.55. The van der Waals surface area contributed by atoms with Crippen molar-refractivity contribution < 1.29 is 19.5 Å². The maximum absolute atomic E-state index is 12.7. The minimum Gasteiger partial charge on any atom is -0.480 e. The fraction of sp³-hybridized carbons (Fsp3) is 0.571. The molecule has 1 rings (SSSR count). The van der Waals surface area contributed by atoms with Gasteiger partial charge in [0.25, 0.3) is 0 Å². The molecule has 2 amide bonds. The first-order chi connectivity index (χ1) is 13.1. The molecule has 3 atom stereocenters. The Morgan fingerprint density at radius 1 is 0.893 bits per heavy atom. The van der Waals surface area contributed by atoms with Crippen LogP contribution in [0, 0.1) is 11.8 Å². The molecule has 0 aliphatic rings. The van der Waals surface area contributed by atoms with E-state index in [0.717, 1.165) is 5.56 Å². The Morgan fingerprint density at radius 3 is 1.89 bits per heavy atom. The summed E-state index contributed by atoms with van der Waals surface area (Å²) in [6.45, 7) is 7.63. The molecule has 0 fully saturated rings. The molecule has 0 aromatic heterocycles. The number of carbonyl (C=O) groups excluding carboxylic acids is 2. The zero-order chi connectivity index (χ0) is 21.3. The summed E-state index contributed by atoms with van der Waals surface area (Å²) < 4.78 is 0. The van der Waals surface area contributed by atoms with Gasteiger partial charge in [-0.25, -0.2) is 4.79 Å². The second kappa shape index (κ2) is 11.4. The quantitative estimate of drug-likeness (QED) is 0.457. The molecule has 0 saturated heterocycles. The molecule has 0 spiro atoms. The number of benzene rings is 1. The maximum atomic E-state index is 12.7. The van der Waals surface area contributed by atoms with Crippen molar-refractivity contribution in [3.8, 4) is 0 Å². The van der Waals surface area contributed by atoms with Crippen molar-refractivity contribution in [2.45, 2.75) is 65.1 Å². The lowest BCUT2D eigenvalue weighted by atomic mass is 9.99. The third-order valence-corrected chi connectivity index (χ3v) is 4.30. The van der Waals surface area contributed by atoms with Crippen LogP contribution in [0.1, 0.15) is 46.1 Å². The number of rotatable bonds is 11. The molecule has 0 saturated carbocycles. The van der Waals surface area contributed by atoms with Gasteiger partial charge in [0.15, 0.2) is 0 Å². The standard InChI is InChI=1S/C21H33N3O4/c1-13(2)10-17(20(26)24-18(21(27)28)11-14(3)4)23-19(25)16(22)12-15-8-6-5-7-9-15/h5-9,13-14,16-18H,10-12,22H2,1-4H3,(H,23,25)(H,24,26)(H,27,28)/t16-,17-,18-/m0/s1. The van der Waals surface area contributed by atoms with Crippen molar-refractivity contribution in [2.75, 3.05) is 0 Å². The molecule has 0 heterocycles. The van der Waals surface area contributed by atoms with Crippen molar-refractivity contribution in [1.29, 1.82) is 0 Å². The highest BCUT2D eigenvalue weighted by Gasteiger charge is 2.28. The molecule has 1 aromatic rings. The van der Waals surface area contributed by atoms with Gasteiger partial charge in [0, 0.05) is 0 Å². The highest BCUT2D eigenvalue weighted by atomic mass is 16.4. The number of aliphatic carboxylic acids is 1. The molecule has 1 aromatic carbocycles. The zero-order valence-corrected chi connectivity index (χ0v) is 17.1. The van der Waals surface area contributed by atoms with Crippen molar-refractivity contribution >= 4 is 17.8 Å². The van der Waals surface area contributed by atoms with Crippen molar-refractivity contribution in [1.82, 2.24) is 10.6 Å². The Bertz CT molecular complexity index is 646. The lowest BCUT2D eigenvalue weighted by molar-refractivity contribution is -0.142. The van der Waals surface area contributed by atoms with E-state index < -0.39 is 35.9 Å². The summed E-state index contributed by atoms with van der Waals surface area (Å²) in [7, 11) is 0. The van der Waals surface area contributed by atoms with Gasteiger partial charge in [-0.05, 0) is 36.7 Å². The van der Waals surface area contributed by atoms with Crippen LogP contribution in [0.15, 0.2) is 30.3 Å². The van der Waals surface area contributed by atoms with Gasteiger partial charge in [0.05, 0.1) is 6.04 Å². The van der Waals surface area contributed by atoms with Gasteiger partial charge in [-0.3, -0.25) is 9.59 Å². The number of nitrogens with one attached hydrogen (secondary N) is 2. The van der Waals surface area contributed by atoms with Gasteiger partial charge in [0.2, 0.25) is 11.8 Å². The van der Waals surface area contributed by atoms with Crippen molar-refractivity contribution in [3.63, 3.8) is 0 Å². The monoisotopic (exact) mass is 391 g/mol. The molecule has 5 N–H and O–H groups in total. The molecule has 0 aliphatic carbocycles. The van der Waals surface area contributed by atoms with Gasteiger partial charge in [-0.15, -0.1) is 0 Å². The number of hydrogen-bond donors (Lipinski definition) is 4. The third kappa shape index (κ3) is 8.52.